The number of aliphatic carboxylic acids is 1. The molecule has 20 heavy (non-hydrogen) atoms. The Balaban J connectivity index is 2.16. The summed E-state index contributed by atoms with van der Waals surface area (Å²) in [5.74, 6) is 0.838. The molecule has 0 fully saturated rings. The Morgan fingerprint density at radius 2 is 2.25 bits per heavy atom. The van der Waals surface area contributed by atoms with Crippen molar-refractivity contribution in [3.8, 4) is 5.82 Å². The molecule has 0 aliphatic heterocycles. The van der Waals surface area contributed by atoms with Crippen LogP contribution in [0, 0.1) is 6.92 Å². The van der Waals surface area contributed by atoms with E-state index in [2.05, 4.69) is 15.3 Å². The van der Waals surface area contributed by atoms with Gasteiger partial charge in [0.15, 0.2) is 5.82 Å². The van der Waals surface area contributed by atoms with Crippen molar-refractivity contribution in [2.45, 2.75) is 32.7 Å². The zero-order chi connectivity index (χ0) is 14.5. The summed E-state index contributed by atoms with van der Waals surface area (Å²) in [5.41, 5.74) is 0.867. The fourth-order valence-electron chi connectivity index (χ4n) is 1.98. The largest absolute Gasteiger partial charge is 0.481 e. The Morgan fingerprint density at radius 1 is 1.45 bits per heavy atom. The van der Waals surface area contributed by atoms with Gasteiger partial charge in [-0.1, -0.05) is 0 Å². The number of hydrogen-bond acceptors (Lipinski definition) is 4. The average Bonchev–Trinajstić information content (AvgIpc) is 2.83. The number of nitrogens with zero attached hydrogens (tertiary/aromatic N) is 3. The van der Waals surface area contributed by atoms with E-state index in [0.29, 0.717) is 6.42 Å². The molecule has 0 saturated heterocycles. The predicted molar refractivity (Wildman–Crippen MR) is 76.1 cm³/mol. The maximum Gasteiger partial charge on any atom is 0.303 e. The van der Waals surface area contributed by atoms with E-state index in [-0.39, 0.29) is 12.5 Å². The van der Waals surface area contributed by atoms with Crippen molar-refractivity contribution in [1.82, 2.24) is 14.5 Å². The van der Waals surface area contributed by atoms with Crippen LogP contribution in [0.1, 0.15) is 25.6 Å². The zero-order valence-corrected chi connectivity index (χ0v) is 11.6. The minimum Gasteiger partial charge on any atom is -0.481 e. The first-order valence-corrected chi connectivity index (χ1v) is 6.51. The molecular formula is C14H18N4O2. The molecule has 0 aromatic carbocycles. The average molecular weight is 274 g/mol. The van der Waals surface area contributed by atoms with Crippen LogP contribution in [0.25, 0.3) is 5.82 Å². The first-order chi connectivity index (χ1) is 9.58. The van der Waals surface area contributed by atoms with E-state index >= 15 is 0 Å². The molecule has 1 unspecified atom stereocenters. The molecule has 6 heteroatoms. The Hall–Kier alpha value is -2.37. The van der Waals surface area contributed by atoms with Gasteiger partial charge in [-0.3, -0.25) is 9.36 Å². The van der Waals surface area contributed by atoms with Gasteiger partial charge in [0.1, 0.15) is 5.82 Å². The third kappa shape index (κ3) is 3.34. The maximum absolute atomic E-state index is 10.6. The summed E-state index contributed by atoms with van der Waals surface area (Å²) in [6.45, 7) is 3.87. The van der Waals surface area contributed by atoms with Crippen molar-refractivity contribution >= 4 is 11.7 Å². The third-order valence-corrected chi connectivity index (χ3v) is 3.03. The van der Waals surface area contributed by atoms with Gasteiger partial charge in [0.05, 0.1) is 5.69 Å². The maximum atomic E-state index is 10.6. The van der Waals surface area contributed by atoms with E-state index in [1.165, 1.54) is 0 Å². The second kappa shape index (κ2) is 6.18. The summed E-state index contributed by atoms with van der Waals surface area (Å²) in [5, 5.41) is 12.0. The van der Waals surface area contributed by atoms with Gasteiger partial charge in [0, 0.05) is 31.1 Å². The molecule has 0 aliphatic rings. The minimum absolute atomic E-state index is 0.0536. The lowest BCUT2D eigenvalue weighted by Gasteiger charge is -2.17. The summed E-state index contributed by atoms with van der Waals surface area (Å²) in [4.78, 5) is 19.2. The summed E-state index contributed by atoms with van der Waals surface area (Å²) < 4.78 is 1.90. The number of carbonyl (C=O) groups is 1. The van der Waals surface area contributed by atoms with Crippen molar-refractivity contribution in [3.05, 3.63) is 36.5 Å². The molecule has 0 saturated carbocycles. The first kappa shape index (κ1) is 14.0. The Bertz CT molecular complexity index is 594. The highest BCUT2D eigenvalue weighted by Gasteiger charge is 2.11. The van der Waals surface area contributed by atoms with Gasteiger partial charge < -0.3 is 10.4 Å². The zero-order valence-electron chi connectivity index (χ0n) is 11.6. The first-order valence-electron chi connectivity index (χ1n) is 6.51. The highest BCUT2D eigenvalue weighted by Crippen LogP contribution is 2.20. The molecule has 0 amide bonds. The van der Waals surface area contributed by atoms with Gasteiger partial charge in [-0.2, -0.15) is 0 Å². The number of aryl methyl sites for hydroxylation is 1. The van der Waals surface area contributed by atoms with E-state index in [0.717, 1.165) is 17.3 Å². The summed E-state index contributed by atoms with van der Waals surface area (Å²) in [7, 11) is 0. The van der Waals surface area contributed by atoms with Crippen LogP contribution in [0.3, 0.4) is 0 Å². The van der Waals surface area contributed by atoms with Gasteiger partial charge >= 0.3 is 5.97 Å². The standard InChI is InChI=1S/C14H18N4O2/c1-10(5-6-13(19)20)17-12-4-3-7-16-14(12)18-9-8-15-11(18)2/h3-4,7-10,17H,5-6H2,1-2H3,(H,19,20). The molecule has 0 radical (unpaired) electrons. The molecule has 0 spiro atoms. The number of carboxylic acids is 1. The van der Waals surface area contributed by atoms with Crippen molar-refractivity contribution < 1.29 is 9.90 Å². The van der Waals surface area contributed by atoms with Crippen LogP contribution in [0.15, 0.2) is 30.7 Å². The molecule has 1 atom stereocenters. The number of carboxylic acid groups (broad SMARTS) is 1. The molecule has 2 rings (SSSR count). The second-order valence-corrected chi connectivity index (χ2v) is 4.70. The monoisotopic (exact) mass is 274 g/mol. The summed E-state index contributed by atoms with van der Waals surface area (Å²) in [6.07, 6.45) is 6.01. The Kier molecular flexibility index (Phi) is 4.34. The molecule has 2 heterocycles. The van der Waals surface area contributed by atoms with Crippen LogP contribution in [-0.4, -0.2) is 31.7 Å². The number of anilines is 1. The van der Waals surface area contributed by atoms with E-state index in [1.807, 2.05) is 36.7 Å². The van der Waals surface area contributed by atoms with Crippen LogP contribution in [0.2, 0.25) is 0 Å². The van der Waals surface area contributed by atoms with Crippen LogP contribution in [-0.2, 0) is 4.79 Å². The molecule has 2 aromatic heterocycles. The third-order valence-electron chi connectivity index (χ3n) is 3.03. The van der Waals surface area contributed by atoms with E-state index in [1.54, 1.807) is 12.4 Å². The lowest BCUT2D eigenvalue weighted by atomic mass is 10.2. The Labute approximate surface area is 117 Å². The number of nitrogens with one attached hydrogen (secondary N) is 1. The number of rotatable bonds is 6. The number of hydrogen-bond donors (Lipinski definition) is 2. The van der Waals surface area contributed by atoms with E-state index in [4.69, 9.17) is 5.11 Å². The van der Waals surface area contributed by atoms with Crippen molar-refractivity contribution in [2.75, 3.05) is 5.32 Å². The summed E-state index contributed by atoms with van der Waals surface area (Å²) >= 11 is 0. The van der Waals surface area contributed by atoms with Crippen LogP contribution in [0.5, 0.6) is 0 Å². The molecule has 0 aliphatic carbocycles. The molecule has 0 bridgehead atoms. The van der Waals surface area contributed by atoms with Crippen LogP contribution >= 0.6 is 0 Å². The van der Waals surface area contributed by atoms with Gasteiger partial charge in [0.2, 0.25) is 0 Å². The Morgan fingerprint density at radius 3 is 2.90 bits per heavy atom. The molecule has 2 aromatic rings. The second-order valence-electron chi connectivity index (χ2n) is 4.70. The molecular weight excluding hydrogens is 256 g/mol. The smallest absolute Gasteiger partial charge is 0.303 e. The number of pyridine rings is 1. The van der Waals surface area contributed by atoms with E-state index in [9.17, 15) is 4.79 Å². The van der Waals surface area contributed by atoms with Gasteiger partial charge in [-0.15, -0.1) is 0 Å². The van der Waals surface area contributed by atoms with Crippen molar-refractivity contribution in [2.24, 2.45) is 0 Å². The highest BCUT2D eigenvalue weighted by atomic mass is 16.4. The number of imidazole rings is 1. The van der Waals surface area contributed by atoms with Crippen LogP contribution < -0.4 is 5.32 Å². The normalized spacial score (nSPS) is 12.1. The van der Waals surface area contributed by atoms with Gasteiger partial charge in [-0.05, 0) is 32.4 Å². The lowest BCUT2D eigenvalue weighted by Crippen LogP contribution is -2.18. The van der Waals surface area contributed by atoms with Crippen molar-refractivity contribution in [1.29, 1.82) is 0 Å². The van der Waals surface area contributed by atoms with E-state index < -0.39 is 5.97 Å². The van der Waals surface area contributed by atoms with Gasteiger partial charge in [0.25, 0.3) is 0 Å². The molecule has 106 valence electrons. The molecule has 6 nitrogen and oxygen atoms in total. The molecule has 2 N–H and O–H groups in total. The summed E-state index contributed by atoms with van der Waals surface area (Å²) in [6, 6.07) is 3.83. The quantitative estimate of drug-likeness (QED) is 0.844. The van der Waals surface area contributed by atoms with Crippen LogP contribution in [0.4, 0.5) is 5.69 Å². The SMILES string of the molecule is Cc1nccn1-c1ncccc1NC(C)CCC(=O)O. The lowest BCUT2D eigenvalue weighted by molar-refractivity contribution is -0.137. The number of aromatic nitrogens is 3. The highest BCUT2D eigenvalue weighted by molar-refractivity contribution is 5.66. The fraction of sp³-hybridized carbons (Fsp3) is 0.357. The predicted octanol–water partition coefficient (Wildman–Crippen LogP) is 2.24. The topological polar surface area (TPSA) is 80.0 Å². The van der Waals surface area contributed by atoms with Crippen molar-refractivity contribution in [3.63, 3.8) is 0 Å². The fourth-order valence-corrected chi connectivity index (χ4v) is 1.98. The van der Waals surface area contributed by atoms with Gasteiger partial charge in [-0.25, -0.2) is 9.97 Å². The minimum atomic E-state index is -0.782.